The first-order valence-corrected chi connectivity index (χ1v) is 10.0. The molecule has 0 spiro atoms. The summed E-state index contributed by atoms with van der Waals surface area (Å²) < 4.78 is 11.3. The molecule has 3 aromatic rings. The van der Waals surface area contributed by atoms with E-state index in [9.17, 15) is 19.2 Å². The van der Waals surface area contributed by atoms with Gasteiger partial charge in [-0.3, -0.25) is 19.0 Å². The molecule has 4 rings (SSSR count). The van der Waals surface area contributed by atoms with Crippen LogP contribution in [0.5, 0.6) is 5.75 Å². The SMILES string of the molecule is COc1cc(=O)n(-c2ccccn2)cc1C(=O)NC(CN1C(=O)COC1=O)c1ccccc1. The van der Waals surface area contributed by atoms with Gasteiger partial charge in [0.2, 0.25) is 0 Å². The number of imide groups is 1. The Labute approximate surface area is 188 Å². The Hall–Kier alpha value is -4.47. The molecule has 1 atom stereocenters. The summed E-state index contributed by atoms with van der Waals surface area (Å²) in [6, 6.07) is 14.4. The fourth-order valence-electron chi connectivity index (χ4n) is 3.43. The molecular formula is C23H20N4O6. The number of rotatable bonds is 7. The smallest absolute Gasteiger partial charge is 0.417 e. The minimum Gasteiger partial charge on any atom is -0.496 e. The van der Waals surface area contributed by atoms with E-state index in [0.717, 1.165) is 4.90 Å². The number of aromatic nitrogens is 2. The number of ether oxygens (including phenoxy) is 2. The number of methoxy groups -OCH3 is 1. The zero-order chi connectivity index (χ0) is 23.4. The van der Waals surface area contributed by atoms with Crippen LogP contribution in [0.2, 0.25) is 0 Å². The summed E-state index contributed by atoms with van der Waals surface area (Å²) in [5.41, 5.74) is 0.335. The van der Waals surface area contributed by atoms with Crippen LogP contribution in [0.3, 0.4) is 0 Å². The Morgan fingerprint density at radius 1 is 1.15 bits per heavy atom. The molecule has 3 heterocycles. The second-order valence-corrected chi connectivity index (χ2v) is 7.15. The van der Waals surface area contributed by atoms with Crippen LogP contribution in [0.1, 0.15) is 22.0 Å². The highest BCUT2D eigenvalue weighted by Crippen LogP contribution is 2.21. The van der Waals surface area contributed by atoms with Crippen LogP contribution in [0.15, 0.2) is 71.8 Å². The van der Waals surface area contributed by atoms with E-state index < -0.39 is 29.5 Å². The summed E-state index contributed by atoms with van der Waals surface area (Å²) in [4.78, 5) is 54.9. The number of nitrogens with one attached hydrogen (secondary N) is 1. The summed E-state index contributed by atoms with van der Waals surface area (Å²) in [6.07, 6.45) is 2.11. The predicted octanol–water partition coefficient (Wildman–Crippen LogP) is 1.69. The van der Waals surface area contributed by atoms with Gasteiger partial charge in [0.1, 0.15) is 11.6 Å². The normalized spacial score (nSPS) is 14.0. The molecule has 1 fully saturated rings. The average molecular weight is 448 g/mol. The fraction of sp³-hybridized carbons (Fsp3) is 0.174. The molecule has 10 heteroatoms. The molecule has 10 nitrogen and oxygen atoms in total. The first-order chi connectivity index (χ1) is 16.0. The van der Waals surface area contributed by atoms with Crippen molar-refractivity contribution in [3.63, 3.8) is 0 Å². The molecule has 0 aliphatic carbocycles. The highest BCUT2D eigenvalue weighted by molar-refractivity contribution is 5.98. The minimum absolute atomic E-state index is 0.0770. The van der Waals surface area contributed by atoms with Crippen molar-refractivity contribution in [2.75, 3.05) is 20.3 Å². The van der Waals surface area contributed by atoms with Crippen molar-refractivity contribution >= 4 is 17.9 Å². The summed E-state index contributed by atoms with van der Waals surface area (Å²) in [6.45, 7) is -0.452. The largest absolute Gasteiger partial charge is 0.496 e. The second kappa shape index (κ2) is 9.35. The molecule has 1 N–H and O–H groups in total. The van der Waals surface area contributed by atoms with Crippen LogP contribution >= 0.6 is 0 Å². The zero-order valence-electron chi connectivity index (χ0n) is 17.6. The van der Waals surface area contributed by atoms with E-state index in [1.807, 2.05) is 6.07 Å². The highest BCUT2D eigenvalue weighted by Gasteiger charge is 2.34. The molecule has 1 aliphatic heterocycles. The Kier molecular flexibility index (Phi) is 6.16. The monoisotopic (exact) mass is 448 g/mol. The summed E-state index contributed by atoms with van der Waals surface area (Å²) in [5.74, 6) is -0.640. The summed E-state index contributed by atoms with van der Waals surface area (Å²) in [5, 5.41) is 2.83. The van der Waals surface area contributed by atoms with Crippen molar-refractivity contribution in [1.82, 2.24) is 19.8 Å². The third kappa shape index (κ3) is 4.59. The number of amides is 3. The van der Waals surface area contributed by atoms with Crippen molar-refractivity contribution in [2.45, 2.75) is 6.04 Å². The van der Waals surface area contributed by atoms with Crippen molar-refractivity contribution in [3.05, 3.63) is 88.5 Å². The summed E-state index contributed by atoms with van der Waals surface area (Å²) in [7, 11) is 1.35. The molecule has 0 radical (unpaired) electrons. The molecule has 0 saturated carbocycles. The third-order valence-corrected chi connectivity index (χ3v) is 5.09. The number of hydrogen-bond acceptors (Lipinski definition) is 7. The molecular weight excluding hydrogens is 428 g/mol. The molecule has 0 bridgehead atoms. The molecule has 1 saturated heterocycles. The number of carbonyl (C=O) groups is 3. The van der Waals surface area contributed by atoms with Gasteiger partial charge in [-0.1, -0.05) is 36.4 Å². The van der Waals surface area contributed by atoms with Gasteiger partial charge in [0.05, 0.1) is 25.3 Å². The lowest BCUT2D eigenvalue weighted by molar-refractivity contribution is -0.126. The Bertz CT molecular complexity index is 1230. The first kappa shape index (κ1) is 21.8. The maximum absolute atomic E-state index is 13.3. The van der Waals surface area contributed by atoms with Crippen molar-refractivity contribution in [2.24, 2.45) is 0 Å². The van der Waals surface area contributed by atoms with Crippen LogP contribution in [0, 0.1) is 0 Å². The Morgan fingerprint density at radius 2 is 1.91 bits per heavy atom. The fourth-order valence-corrected chi connectivity index (χ4v) is 3.43. The second-order valence-electron chi connectivity index (χ2n) is 7.15. The summed E-state index contributed by atoms with van der Waals surface area (Å²) >= 11 is 0. The van der Waals surface area contributed by atoms with Gasteiger partial charge in [-0.25, -0.2) is 14.7 Å². The number of nitrogens with zero attached hydrogens (tertiary/aromatic N) is 3. The van der Waals surface area contributed by atoms with Gasteiger partial charge in [0.25, 0.3) is 17.4 Å². The van der Waals surface area contributed by atoms with Gasteiger partial charge in [-0.05, 0) is 17.7 Å². The van der Waals surface area contributed by atoms with Gasteiger partial charge in [-0.2, -0.15) is 0 Å². The zero-order valence-corrected chi connectivity index (χ0v) is 17.6. The van der Waals surface area contributed by atoms with Crippen molar-refractivity contribution in [1.29, 1.82) is 0 Å². The number of pyridine rings is 2. The molecule has 168 valence electrons. The average Bonchev–Trinajstić information content (AvgIpc) is 3.16. The number of hydrogen-bond donors (Lipinski definition) is 1. The maximum atomic E-state index is 13.3. The third-order valence-electron chi connectivity index (χ3n) is 5.09. The van der Waals surface area contributed by atoms with Gasteiger partial charge in [-0.15, -0.1) is 0 Å². The van der Waals surface area contributed by atoms with Crippen LogP contribution in [0.4, 0.5) is 4.79 Å². The predicted molar refractivity (Wildman–Crippen MR) is 116 cm³/mol. The Morgan fingerprint density at radius 3 is 2.55 bits per heavy atom. The van der Waals surface area contributed by atoms with Crippen LogP contribution in [-0.2, 0) is 9.53 Å². The molecule has 1 aromatic carbocycles. The van der Waals surface area contributed by atoms with Gasteiger partial charge in [0.15, 0.2) is 6.61 Å². The highest BCUT2D eigenvalue weighted by atomic mass is 16.6. The van der Waals surface area contributed by atoms with E-state index in [-0.39, 0.29) is 24.5 Å². The molecule has 1 unspecified atom stereocenters. The number of cyclic esters (lactones) is 1. The van der Waals surface area contributed by atoms with Crippen molar-refractivity contribution < 1.29 is 23.9 Å². The Balaban J connectivity index is 1.68. The minimum atomic E-state index is -0.767. The lowest BCUT2D eigenvalue weighted by Crippen LogP contribution is -2.40. The van der Waals surface area contributed by atoms with E-state index in [1.165, 1.54) is 30.1 Å². The van der Waals surface area contributed by atoms with Gasteiger partial charge < -0.3 is 14.8 Å². The van der Waals surface area contributed by atoms with E-state index in [2.05, 4.69) is 10.3 Å². The molecule has 1 aliphatic rings. The van der Waals surface area contributed by atoms with Crippen LogP contribution in [-0.4, -0.2) is 52.6 Å². The topological polar surface area (TPSA) is 120 Å². The van der Waals surface area contributed by atoms with Gasteiger partial charge >= 0.3 is 6.09 Å². The van der Waals surface area contributed by atoms with E-state index in [1.54, 1.807) is 42.5 Å². The van der Waals surface area contributed by atoms with Crippen LogP contribution < -0.4 is 15.6 Å². The lowest BCUT2D eigenvalue weighted by atomic mass is 10.1. The van der Waals surface area contributed by atoms with E-state index in [4.69, 9.17) is 9.47 Å². The molecule has 2 aromatic heterocycles. The molecule has 3 amide bonds. The maximum Gasteiger partial charge on any atom is 0.417 e. The van der Waals surface area contributed by atoms with Crippen molar-refractivity contribution in [3.8, 4) is 11.6 Å². The number of carbonyl (C=O) groups excluding carboxylic acids is 3. The number of benzene rings is 1. The quantitative estimate of drug-likeness (QED) is 0.584. The molecule has 33 heavy (non-hydrogen) atoms. The lowest BCUT2D eigenvalue weighted by Gasteiger charge is -2.23. The van der Waals surface area contributed by atoms with E-state index >= 15 is 0 Å². The van der Waals surface area contributed by atoms with Crippen LogP contribution in [0.25, 0.3) is 5.82 Å². The first-order valence-electron chi connectivity index (χ1n) is 10.0. The standard InChI is InChI=1S/C23H20N4O6/c1-32-18-11-20(28)26(19-9-5-6-10-24-19)12-16(18)22(30)25-17(15-7-3-2-4-8-15)13-27-21(29)14-33-23(27)31/h2-12,17H,13-14H2,1H3,(H,25,30). The van der Waals surface area contributed by atoms with Gasteiger partial charge in [0, 0.05) is 18.5 Å². The van der Waals surface area contributed by atoms with E-state index in [0.29, 0.717) is 11.4 Å².